The summed E-state index contributed by atoms with van der Waals surface area (Å²) in [5, 5.41) is 14.7. The van der Waals surface area contributed by atoms with Crippen molar-refractivity contribution in [2.45, 2.75) is 6.54 Å². The molecule has 0 aromatic carbocycles. The summed E-state index contributed by atoms with van der Waals surface area (Å²) < 4.78 is 0.743. The predicted octanol–water partition coefficient (Wildman–Crippen LogP) is 0.651. The number of hydrogen-bond donors (Lipinski definition) is 3. The summed E-state index contributed by atoms with van der Waals surface area (Å²) in [4.78, 5) is 0. The third-order valence-electron chi connectivity index (χ3n) is 0.869. The molecule has 0 amide bonds. The lowest BCUT2D eigenvalue weighted by Crippen LogP contribution is -2.05. The molecule has 5 heteroatoms. The molecule has 0 saturated heterocycles. The number of H-pyrrole nitrogens is 1. The number of nitrogens with zero attached hydrogens (tertiary/aromatic N) is 1. The summed E-state index contributed by atoms with van der Waals surface area (Å²) >= 11 is 3.15. The molecule has 0 fully saturated rings. The van der Waals surface area contributed by atoms with Crippen LogP contribution in [0.4, 0.5) is 0 Å². The van der Waals surface area contributed by atoms with Gasteiger partial charge in [-0.3, -0.25) is 5.10 Å². The molecule has 0 radical (unpaired) electrons. The molecule has 1 rings (SSSR count). The first-order valence-corrected chi connectivity index (χ1v) is 3.19. The van der Waals surface area contributed by atoms with E-state index in [1.807, 2.05) is 5.48 Å². The lowest BCUT2D eigenvalue weighted by atomic mass is 10.4. The molecule has 0 bridgehead atoms. The molecule has 0 aliphatic rings. The van der Waals surface area contributed by atoms with E-state index in [4.69, 9.17) is 5.21 Å². The van der Waals surface area contributed by atoms with E-state index < -0.39 is 0 Å². The summed E-state index contributed by atoms with van der Waals surface area (Å²) in [6, 6.07) is 1.78. The van der Waals surface area contributed by atoms with Gasteiger partial charge in [-0.05, 0) is 22.0 Å². The number of hydrogen-bond acceptors (Lipinski definition) is 3. The molecule has 3 N–H and O–H groups in total. The quantitative estimate of drug-likeness (QED) is 0.603. The molecule has 0 spiro atoms. The zero-order valence-electron chi connectivity index (χ0n) is 4.56. The van der Waals surface area contributed by atoms with Crippen molar-refractivity contribution >= 4 is 15.9 Å². The van der Waals surface area contributed by atoms with Gasteiger partial charge in [-0.1, -0.05) is 0 Å². The van der Waals surface area contributed by atoms with Gasteiger partial charge in [0.05, 0.1) is 12.2 Å². The van der Waals surface area contributed by atoms with Crippen LogP contribution in [0.1, 0.15) is 5.69 Å². The molecule has 0 aliphatic carbocycles. The Kier molecular flexibility index (Phi) is 2.21. The van der Waals surface area contributed by atoms with Gasteiger partial charge in [0.25, 0.3) is 0 Å². The molecule has 0 unspecified atom stereocenters. The maximum Gasteiger partial charge on any atom is 0.128 e. The van der Waals surface area contributed by atoms with Crippen molar-refractivity contribution in [2.75, 3.05) is 0 Å². The number of halogens is 1. The van der Waals surface area contributed by atoms with E-state index in [9.17, 15) is 0 Å². The van der Waals surface area contributed by atoms with Crippen molar-refractivity contribution in [3.05, 3.63) is 16.4 Å². The van der Waals surface area contributed by atoms with E-state index in [0.29, 0.717) is 6.54 Å². The van der Waals surface area contributed by atoms with E-state index in [2.05, 4.69) is 26.1 Å². The standard InChI is InChI=1S/C4H6BrN3O/c5-4-1-3(2-6-9)7-8-4/h1,6,9H,2H2,(H,7,8). The van der Waals surface area contributed by atoms with Crippen LogP contribution in [0.2, 0.25) is 0 Å². The highest BCUT2D eigenvalue weighted by Crippen LogP contribution is 2.05. The Morgan fingerprint density at radius 2 is 2.67 bits per heavy atom. The Morgan fingerprint density at radius 3 is 3.11 bits per heavy atom. The molecule has 4 nitrogen and oxygen atoms in total. The molecule has 0 atom stereocenters. The van der Waals surface area contributed by atoms with Crippen LogP contribution in [-0.2, 0) is 6.54 Å². The van der Waals surface area contributed by atoms with Crippen LogP contribution < -0.4 is 5.48 Å². The molecule has 1 heterocycles. The highest BCUT2D eigenvalue weighted by molar-refractivity contribution is 9.10. The van der Waals surface area contributed by atoms with Crippen LogP contribution >= 0.6 is 15.9 Å². The van der Waals surface area contributed by atoms with Gasteiger partial charge in [0, 0.05) is 0 Å². The molecule has 1 aromatic heterocycles. The highest BCUT2D eigenvalue weighted by atomic mass is 79.9. The van der Waals surface area contributed by atoms with Crippen LogP contribution in [0.25, 0.3) is 0 Å². The zero-order valence-corrected chi connectivity index (χ0v) is 6.14. The third kappa shape index (κ3) is 1.78. The molecule has 1 aromatic rings. The second kappa shape index (κ2) is 2.95. The van der Waals surface area contributed by atoms with Gasteiger partial charge in [-0.2, -0.15) is 10.6 Å². The minimum atomic E-state index is 0.387. The Morgan fingerprint density at radius 1 is 1.89 bits per heavy atom. The second-order valence-corrected chi connectivity index (χ2v) is 2.36. The fourth-order valence-electron chi connectivity index (χ4n) is 0.509. The van der Waals surface area contributed by atoms with Gasteiger partial charge < -0.3 is 5.21 Å². The number of aromatic nitrogens is 2. The Hall–Kier alpha value is -0.390. The van der Waals surface area contributed by atoms with Crippen LogP contribution in [0, 0.1) is 0 Å². The summed E-state index contributed by atoms with van der Waals surface area (Å²) in [5.41, 5.74) is 2.84. The van der Waals surface area contributed by atoms with Gasteiger partial charge in [0.15, 0.2) is 0 Å². The SMILES string of the molecule is ONCc1cc(Br)n[nH]1. The van der Waals surface area contributed by atoms with Crippen molar-refractivity contribution in [3.8, 4) is 0 Å². The molecule has 50 valence electrons. The topological polar surface area (TPSA) is 60.9 Å². The third-order valence-corrected chi connectivity index (χ3v) is 1.28. The van der Waals surface area contributed by atoms with Crippen LogP contribution in [-0.4, -0.2) is 15.4 Å². The van der Waals surface area contributed by atoms with Gasteiger partial charge >= 0.3 is 0 Å². The minimum Gasteiger partial charge on any atom is -0.316 e. The van der Waals surface area contributed by atoms with Crippen LogP contribution in [0.3, 0.4) is 0 Å². The van der Waals surface area contributed by atoms with Crippen molar-refractivity contribution in [1.29, 1.82) is 0 Å². The molecule has 0 saturated carbocycles. The van der Waals surface area contributed by atoms with Crippen LogP contribution in [0.15, 0.2) is 10.7 Å². The van der Waals surface area contributed by atoms with Crippen molar-refractivity contribution < 1.29 is 5.21 Å². The molecular formula is C4H6BrN3O. The first kappa shape index (κ1) is 6.73. The first-order chi connectivity index (χ1) is 4.33. The number of nitrogens with one attached hydrogen (secondary N) is 2. The van der Waals surface area contributed by atoms with Gasteiger partial charge in [0.2, 0.25) is 0 Å². The smallest absolute Gasteiger partial charge is 0.128 e. The zero-order chi connectivity index (χ0) is 6.69. The number of rotatable bonds is 2. The second-order valence-electron chi connectivity index (χ2n) is 1.55. The van der Waals surface area contributed by atoms with E-state index in [0.717, 1.165) is 10.3 Å². The van der Waals surface area contributed by atoms with Gasteiger partial charge in [-0.25, -0.2) is 0 Å². The largest absolute Gasteiger partial charge is 0.316 e. The molecule has 0 aliphatic heterocycles. The van der Waals surface area contributed by atoms with E-state index in [1.54, 1.807) is 6.07 Å². The average molecular weight is 192 g/mol. The fourth-order valence-corrected chi connectivity index (χ4v) is 0.874. The lowest BCUT2D eigenvalue weighted by Gasteiger charge is -1.88. The summed E-state index contributed by atoms with van der Waals surface area (Å²) in [6.07, 6.45) is 0. The van der Waals surface area contributed by atoms with E-state index in [-0.39, 0.29) is 0 Å². The molecule has 9 heavy (non-hydrogen) atoms. The Bertz CT molecular complexity index is 188. The van der Waals surface area contributed by atoms with Crippen molar-refractivity contribution in [1.82, 2.24) is 15.7 Å². The summed E-state index contributed by atoms with van der Waals surface area (Å²) in [6.45, 7) is 0.387. The Labute approximate surface area is 60.4 Å². The average Bonchev–Trinajstić information content (AvgIpc) is 2.17. The van der Waals surface area contributed by atoms with Crippen molar-refractivity contribution in [3.63, 3.8) is 0 Å². The minimum absolute atomic E-state index is 0.387. The maximum absolute atomic E-state index is 8.22. The van der Waals surface area contributed by atoms with Gasteiger partial charge in [-0.15, -0.1) is 0 Å². The fraction of sp³-hybridized carbons (Fsp3) is 0.250. The maximum atomic E-state index is 8.22. The summed E-state index contributed by atoms with van der Waals surface area (Å²) in [7, 11) is 0. The lowest BCUT2D eigenvalue weighted by molar-refractivity contribution is 0.160. The monoisotopic (exact) mass is 191 g/mol. The first-order valence-electron chi connectivity index (χ1n) is 2.39. The molecular weight excluding hydrogens is 186 g/mol. The van der Waals surface area contributed by atoms with Crippen molar-refractivity contribution in [2.24, 2.45) is 0 Å². The predicted molar refractivity (Wildman–Crippen MR) is 34.9 cm³/mol. The number of hydroxylamine groups is 1. The van der Waals surface area contributed by atoms with E-state index in [1.165, 1.54) is 0 Å². The van der Waals surface area contributed by atoms with Crippen LogP contribution in [0.5, 0.6) is 0 Å². The Balaban J connectivity index is 2.61. The number of aromatic amines is 1. The van der Waals surface area contributed by atoms with Gasteiger partial charge in [0.1, 0.15) is 4.60 Å². The van der Waals surface area contributed by atoms with E-state index >= 15 is 0 Å². The highest BCUT2D eigenvalue weighted by Gasteiger charge is 1.94. The normalized spacial score (nSPS) is 10.0. The summed E-state index contributed by atoms with van der Waals surface area (Å²) in [5.74, 6) is 0.